The van der Waals surface area contributed by atoms with E-state index in [2.05, 4.69) is 25.4 Å². The van der Waals surface area contributed by atoms with Gasteiger partial charge in [-0.1, -0.05) is 0 Å². The molecule has 3 aromatic rings. The normalized spacial score (nSPS) is 17.6. The second-order valence-corrected chi connectivity index (χ2v) is 12.0. The lowest BCUT2D eigenvalue weighted by atomic mass is 9.96. The molecule has 11 heteroatoms. The fourth-order valence-electron chi connectivity index (χ4n) is 4.83. The van der Waals surface area contributed by atoms with Gasteiger partial charge in [-0.25, -0.2) is 9.78 Å². The second kappa shape index (κ2) is 10.0. The molecule has 11 nitrogen and oxygen atoms in total. The summed E-state index contributed by atoms with van der Waals surface area (Å²) in [5, 5.41) is 11.5. The van der Waals surface area contributed by atoms with Crippen molar-refractivity contribution in [2.45, 2.75) is 78.0 Å². The summed E-state index contributed by atoms with van der Waals surface area (Å²) in [6, 6.07) is 5.38. The van der Waals surface area contributed by atoms with Crippen LogP contribution in [0.1, 0.15) is 69.9 Å². The minimum Gasteiger partial charge on any atom is -0.489 e. The lowest BCUT2D eigenvalue weighted by Gasteiger charge is -2.47. The lowest BCUT2D eigenvalue weighted by molar-refractivity contribution is 0.000291. The first-order chi connectivity index (χ1) is 18.4. The number of amides is 2. The summed E-state index contributed by atoms with van der Waals surface area (Å²) in [6.45, 7) is 13.2. The van der Waals surface area contributed by atoms with Crippen LogP contribution in [0, 0.1) is 6.92 Å². The van der Waals surface area contributed by atoms with Crippen molar-refractivity contribution in [1.29, 1.82) is 0 Å². The first kappa shape index (κ1) is 26.7. The van der Waals surface area contributed by atoms with Crippen LogP contribution in [0.3, 0.4) is 0 Å². The van der Waals surface area contributed by atoms with Gasteiger partial charge in [0.2, 0.25) is 0 Å². The Kier molecular flexibility index (Phi) is 6.86. The van der Waals surface area contributed by atoms with Crippen molar-refractivity contribution >= 4 is 29.3 Å². The summed E-state index contributed by atoms with van der Waals surface area (Å²) in [5.41, 5.74) is 0.994. The molecule has 0 bridgehead atoms. The smallest absolute Gasteiger partial charge is 0.410 e. The van der Waals surface area contributed by atoms with Gasteiger partial charge in [0.05, 0.1) is 22.9 Å². The molecule has 1 N–H and O–H groups in total. The number of pyridine rings is 1. The Balaban J connectivity index is 1.27. The van der Waals surface area contributed by atoms with Gasteiger partial charge in [-0.3, -0.25) is 9.69 Å². The standard InChI is InChI=1S/C28H37N7O4/c1-18-15-34-16-20(21(14-24(34)29-18)38-19-8-7-9-19)25(36)30-22-10-11-23(32-31-22)33-12-13-35(28(5,6)17-33)26(37)39-27(2,3)4/h10-11,14-16,19H,7-9,12-13,17H2,1-6H3,(H,30,31,36). The monoisotopic (exact) mass is 535 g/mol. The van der Waals surface area contributed by atoms with Crippen LogP contribution in [0.4, 0.5) is 16.4 Å². The number of aryl methyl sites for hydroxylation is 1. The Morgan fingerprint density at radius 3 is 2.49 bits per heavy atom. The maximum Gasteiger partial charge on any atom is 0.410 e. The Morgan fingerprint density at radius 1 is 1.10 bits per heavy atom. The molecule has 1 aliphatic carbocycles. The van der Waals surface area contributed by atoms with E-state index in [1.54, 1.807) is 17.2 Å². The number of carbonyl (C=O) groups excluding carboxylic acids is 2. The predicted molar refractivity (Wildman–Crippen MR) is 147 cm³/mol. The highest BCUT2D eigenvalue weighted by Crippen LogP contribution is 2.30. The molecule has 5 rings (SSSR count). The van der Waals surface area contributed by atoms with E-state index in [4.69, 9.17) is 9.47 Å². The topological polar surface area (TPSA) is 114 Å². The third-order valence-electron chi connectivity index (χ3n) is 7.00. The van der Waals surface area contributed by atoms with Gasteiger partial charge in [-0.15, -0.1) is 10.2 Å². The van der Waals surface area contributed by atoms with Crippen LogP contribution in [-0.4, -0.2) is 73.4 Å². The molecule has 4 heterocycles. The Bertz CT molecular complexity index is 1370. The van der Waals surface area contributed by atoms with E-state index in [-0.39, 0.29) is 18.1 Å². The van der Waals surface area contributed by atoms with Crippen LogP contribution in [0.5, 0.6) is 5.75 Å². The van der Waals surface area contributed by atoms with E-state index in [1.807, 2.05) is 64.3 Å². The zero-order valence-electron chi connectivity index (χ0n) is 23.5. The highest BCUT2D eigenvalue weighted by Gasteiger charge is 2.39. The second-order valence-electron chi connectivity index (χ2n) is 12.0. The number of ether oxygens (including phenoxy) is 2. The van der Waals surface area contributed by atoms with Crippen molar-refractivity contribution in [1.82, 2.24) is 24.5 Å². The molecule has 0 atom stereocenters. The van der Waals surface area contributed by atoms with Gasteiger partial charge in [0.25, 0.3) is 5.91 Å². The van der Waals surface area contributed by atoms with Gasteiger partial charge < -0.3 is 24.1 Å². The molecule has 0 radical (unpaired) electrons. The van der Waals surface area contributed by atoms with E-state index in [0.717, 1.165) is 30.6 Å². The minimum absolute atomic E-state index is 0.120. The number of nitrogens with one attached hydrogen (secondary N) is 1. The van der Waals surface area contributed by atoms with Gasteiger partial charge in [-0.2, -0.15) is 0 Å². The maximum absolute atomic E-state index is 13.3. The lowest BCUT2D eigenvalue weighted by Crippen LogP contribution is -2.62. The number of fused-ring (bicyclic) bond motifs is 1. The average Bonchev–Trinajstić information content (AvgIpc) is 3.18. The molecule has 3 aromatic heterocycles. The SMILES string of the molecule is Cc1cn2cc(C(=O)Nc3ccc(N4CCN(C(=O)OC(C)(C)C)C(C)(C)C4)nn3)c(OC3CCC3)cc2n1. The van der Waals surface area contributed by atoms with Gasteiger partial charge >= 0.3 is 6.09 Å². The van der Waals surface area contributed by atoms with Crippen molar-refractivity contribution in [3.05, 3.63) is 41.9 Å². The van der Waals surface area contributed by atoms with Crippen LogP contribution in [0.2, 0.25) is 0 Å². The van der Waals surface area contributed by atoms with E-state index >= 15 is 0 Å². The third kappa shape index (κ3) is 5.91. The summed E-state index contributed by atoms with van der Waals surface area (Å²) in [4.78, 5) is 34.4. The number of anilines is 2. The molecule has 2 fully saturated rings. The van der Waals surface area contributed by atoms with Crippen molar-refractivity contribution in [2.24, 2.45) is 0 Å². The zero-order valence-corrected chi connectivity index (χ0v) is 23.5. The van der Waals surface area contributed by atoms with E-state index in [9.17, 15) is 9.59 Å². The minimum atomic E-state index is -0.552. The summed E-state index contributed by atoms with van der Waals surface area (Å²) in [5.74, 6) is 1.21. The van der Waals surface area contributed by atoms with Crippen molar-refractivity contribution in [3.63, 3.8) is 0 Å². The van der Waals surface area contributed by atoms with E-state index in [0.29, 0.717) is 42.6 Å². The molecule has 0 unspecified atom stereocenters. The average molecular weight is 536 g/mol. The van der Waals surface area contributed by atoms with Crippen LogP contribution in [-0.2, 0) is 4.74 Å². The molecular formula is C28H37N7O4. The Labute approximate surface area is 228 Å². The summed E-state index contributed by atoms with van der Waals surface area (Å²) >= 11 is 0. The highest BCUT2D eigenvalue weighted by molar-refractivity contribution is 6.05. The molecular weight excluding hydrogens is 498 g/mol. The molecule has 2 amide bonds. The van der Waals surface area contributed by atoms with Crippen LogP contribution < -0.4 is 15.0 Å². The quantitative estimate of drug-likeness (QED) is 0.510. The fourth-order valence-corrected chi connectivity index (χ4v) is 4.83. The molecule has 1 saturated heterocycles. The zero-order chi connectivity index (χ0) is 27.9. The number of piperazine rings is 1. The van der Waals surface area contributed by atoms with Crippen LogP contribution >= 0.6 is 0 Å². The number of hydrogen-bond acceptors (Lipinski definition) is 8. The first-order valence-corrected chi connectivity index (χ1v) is 13.4. The Morgan fingerprint density at radius 2 is 1.87 bits per heavy atom. The van der Waals surface area contributed by atoms with Crippen molar-refractivity contribution < 1.29 is 19.1 Å². The number of aromatic nitrogens is 4. The first-order valence-electron chi connectivity index (χ1n) is 13.4. The van der Waals surface area contributed by atoms with Gasteiger partial charge in [-0.05, 0) is 72.9 Å². The van der Waals surface area contributed by atoms with Gasteiger partial charge in [0, 0.05) is 38.1 Å². The molecule has 0 spiro atoms. The van der Waals surface area contributed by atoms with Crippen LogP contribution in [0.15, 0.2) is 30.6 Å². The predicted octanol–water partition coefficient (Wildman–Crippen LogP) is 4.45. The summed E-state index contributed by atoms with van der Waals surface area (Å²) < 4.78 is 13.6. The van der Waals surface area contributed by atoms with Gasteiger partial charge in [0.15, 0.2) is 11.6 Å². The number of hydrogen-bond donors (Lipinski definition) is 1. The molecule has 0 aromatic carbocycles. The third-order valence-corrected chi connectivity index (χ3v) is 7.00. The summed E-state index contributed by atoms with van der Waals surface area (Å²) in [7, 11) is 0. The van der Waals surface area contributed by atoms with Crippen LogP contribution in [0.25, 0.3) is 5.65 Å². The van der Waals surface area contributed by atoms with Crippen molar-refractivity contribution in [2.75, 3.05) is 29.9 Å². The Hall–Kier alpha value is -3.89. The highest BCUT2D eigenvalue weighted by atomic mass is 16.6. The number of nitrogens with zero attached hydrogens (tertiary/aromatic N) is 6. The summed E-state index contributed by atoms with van der Waals surface area (Å²) in [6.07, 6.45) is 6.51. The number of imidazole rings is 1. The van der Waals surface area contributed by atoms with Gasteiger partial charge in [0.1, 0.15) is 17.0 Å². The molecule has 208 valence electrons. The molecule has 1 saturated carbocycles. The molecule has 1 aliphatic heterocycles. The fraction of sp³-hybridized carbons (Fsp3) is 0.536. The van der Waals surface area contributed by atoms with E-state index in [1.165, 1.54) is 0 Å². The van der Waals surface area contributed by atoms with Crippen molar-refractivity contribution in [3.8, 4) is 5.75 Å². The number of carbonyl (C=O) groups is 2. The molecule has 2 aliphatic rings. The largest absolute Gasteiger partial charge is 0.489 e. The maximum atomic E-state index is 13.3. The molecule has 39 heavy (non-hydrogen) atoms. The van der Waals surface area contributed by atoms with E-state index < -0.39 is 11.1 Å². The number of rotatable bonds is 5.